The maximum absolute atomic E-state index is 13.1. The molecule has 2 N–H and O–H groups in total. The summed E-state index contributed by atoms with van der Waals surface area (Å²) in [6.07, 6.45) is 1.97. The Morgan fingerprint density at radius 3 is 2.17 bits per heavy atom. The van der Waals surface area contributed by atoms with Gasteiger partial charge in [-0.25, -0.2) is 17.9 Å². The number of amides is 1. The molecule has 0 atom stereocenters. The Morgan fingerprint density at radius 1 is 1.00 bits per heavy atom. The smallest absolute Gasteiger partial charge is 0.238 e. The molecule has 0 saturated carbocycles. The molecule has 7 heteroatoms. The number of sulfonamides is 1. The fourth-order valence-corrected chi connectivity index (χ4v) is 2.95. The summed E-state index contributed by atoms with van der Waals surface area (Å²) < 4.78 is 35.7. The van der Waals surface area contributed by atoms with Gasteiger partial charge in [0.25, 0.3) is 0 Å². The molecule has 0 spiro atoms. The van der Waals surface area contributed by atoms with Crippen LogP contribution in [0.15, 0.2) is 59.5 Å². The normalized spacial score (nSPS) is 15.0. The van der Waals surface area contributed by atoms with Crippen molar-refractivity contribution in [1.29, 1.82) is 0 Å². The highest BCUT2D eigenvalue weighted by molar-refractivity contribution is 7.89. The van der Waals surface area contributed by atoms with Crippen LogP contribution < -0.4 is 10.0 Å². The third-order valence-electron chi connectivity index (χ3n) is 3.52. The van der Waals surface area contributed by atoms with E-state index in [0.717, 1.165) is 0 Å². The molecule has 0 fully saturated rings. The maximum Gasteiger partial charge on any atom is 0.238 e. The second-order valence-corrected chi connectivity index (χ2v) is 6.63. The van der Waals surface area contributed by atoms with E-state index >= 15 is 0 Å². The van der Waals surface area contributed by atoms with E-state index in [1.54, 1.807) is 18.2 Å². The van der Waals surface area contributed by atoms with Crippen LogP contribution in [0.2, 0.25) is 0 Å². The summed E-state index contributed by atoms with van der Waals surface area (Å²) in [5, 5.41) is 5.07. The van der Waals surface area contributed by atoms with Gasteiger partial charge >= 0.3 is 0 Å². The van der Waals surface area contributed by atoms with Crippen molar-refractivity contribution in [3.05, 3.63) is 66.0 Å². The molecule has 1 amide bonds. The summed E-state index contributed by atoms with van der Waals surface area (Å²) in [7, 11) is -3.77. The van der Waals surface area contributed by atoms with Crippen LogP contribution in [0.1, 0.15) is 12.0 Å². The predicted molar refractivity (Wildman–Crippen MR) is 84.3 cm³/mol. The Labute approximate surface area is 132 Å². The van der Waals surface area contributed by atoms with Crippen molar-refractivity contribution in [3.8, 4) is 0 Å². The first-order chi connectivity index (χ1) is 10.9. The molecule has 2 aromatic rings. The lowest BCUT2D eigenvalue weighted by atomic mass is 10.1. The number of hydrogen-bond acceptors (Lipinski definition) is 3. The van der Waals surface area contributed by atoms with Gasteiger partial charge in [-0.3, -0.25) is 9.69 Å². The standard InChI is InChI=1S/C16H13FN2O3S/c17-12-3-5-13(6-4-12)19-15(9-10-16(19)20)11-1-7-14(8-2-11)23(18,21)22/h1-9H,10H2,(H2,18,21,22). The first-order valence-electron chi connectivity index (χ1n) is 6.78. The molecule has 3 rings (SSSR count). The van der Waals surface area contributed by atoms with Gasteiger partial charge in [0.2, 0.25) is 15.9 Å². The lowest BCUT2D eigenvalue weighted by molar-refractivity contribution is -0.116. The minimum Gasteiger partial charge on any atom is -0.281 e. The second kappa shape index (κ2) is 5.60. The molecular weight excluding hydrogens is 319 g/mol. The highest BCUT2D eigenvalue weighted by Crippen LogP contribution is 2.32. The zero-order valence-corrected chi connectivity index (χ0v) is 12.8. The molecule has 0 saturated heterocycles. The van der Waals surface area contributed by atoms with Gasteiger partial charge in [0.05, 0.1) is 10.6 Å². The summed E-state index contributed by atoms with van der Waals surface area (Å²) in [5.74, 6) is -0.523. The highest BCUT2D eigenvalue weighted by atomic mass is 32.2. The van der Waals surface area contributed by atoms with Crippen molar-refractivity contribution in [2.45, 2.75) is 11.3 Å². The van der Waals surface area contributed by atoms with Gasteiger partial charge in [-0.1, -0.05) is 18.2 Å². The van der Waals surface area contributed by atoms with Crippen molar-refractivity contribution >= 4 is 27.3 Å². The minimum absolute atomic E-state index is 0.000458. The number of halogens is 1. The number of primary sulfonamides is 1. The van der Waals surface area contributed by atoms with Gasteiger partial charge in [-0.05, 0) is 42.0 Å². The molecule has 0 unspecified atom stereocenters. The van der Waals surface area contributed by atoms with E-state index in [4.69, 9.17) is 5.14 Å². The number of carbonyl (C=O) groups is 1. The van der Waals surface area contributed by atoms with Crippen molar-refractivity contribution in [3.63, 3.8) is 0 Å². The fourth-order valence-electron chi connectivity index (χ4n) is 2.44. The van der Waals surface area contributed by atoms with E-state index in [1.165, 1.54) is 41.3 Å². The zero-order valence-electron chi connectivity index (χ0n) is 11.9. The predicted octanol–water partition coefficient (Wildman–Crippen LogP) is 2.25. The number of rotatable bonds is 3. The molecule has 0 aliphatic carbocycles. The summed E-state index contributed by atoms with van der Waals surface area (Å²) >= 11 is 0. The Morgan fingerprint density at radius 2 is 1.61 bits per heavy atom. The van der Waals surface area contributed by atoms with Gasteiger partial charge in [0.1, 0.15) is 5.82 Å². The lowest BCUT2D eigenvalue weighted by Gasteiger charge is -2.21. The number of benzene rings is 2. The number of hydrogen-bond donors (Lipinski definition) is 1. The fraction of sp³-hybridized carbons (Fsp3) is 0.0625. The van der Waals surface area contributed by atoms with Gasteiger partial charge in [-0.2, -0.15) is 0 Å². The largest absolute Gasteiger partial charge is 0.281 e. The van der Waals surface area contributed by atoms with Gasteiger partial charge in [0.15, 0.2) is 0 Å². The molecule has 0 aromatic heterocycles. The topological polar surface area (TPSA) is 80.5 Å². The zero-order chi connectivity index (χ0) is 16.6. The molecule has 1 aliphatic heterocycles. The van der Waals surface area contributed by atoms with Crippen LogP contribution in [-0.2, 0) is 14.8 Å². The Balaban J connectivity index is 1.98. The molecule has 0 radical (unpaired) electrons. The summed E-state index contributed by atoms with van der Waals surface area (Å²) in [5.41, 5.74) is 1.85. The second-order valence-electron chi connectivity index (χ2n) is 5.07. The molecule has 0 bridgehead atoms. The maximum atomic E-state index is 13.1. The van der Waals surface area contributed by atoms with Crippen LogP contribution in [0.4, 0.5) is 10.1 Å². The summed E-state index contributed by atoms with van der Waals surface area (Å²) in [6.45, 7) is 0. The first-order valence-corrected chi connectivity index (χ1v) is 8.33. The quantitative estimate of drug-likeness (QED) is 0.936. The minimum atomic E-state index is -3.77. The average Bonchev–Trinajstić information content (AvgIpc) is 2.89. The number of nitrogens with two attached hydrogens (primary N) is 1. The van der Waals surface area contributed by atoms with Crippen LogP contribution in [0.5, 0.6) is 0 Å². The van der Waals surface area contributed by atoms with Crippen molar-refractivity contribution in [2.24, 2.45) is 5.14 Å². The molecular formula is C16H13FN2O3S. The van der Waals surface area contributed by atoms with Crippen LogP contribution in [-0.4, -0.2) is 14.3 Å². The lowest BCUT2D eigenvalue weighted by Crippen LogP contribution is -2.23. The molecule has 1 heterocycles. The van der Waals surface area contributed by atoms with E-state index < -0.39 is 10.0 Å². The number of carbonyl (C=O) groups excluding carboxylic acids is 1. The first kappa shape index (κ1) is 15.4. The highest BCUT2D eigenvalue weighted by Gasteiger charge is 2.26. The third-order valence-corrected chi connectivity index (χ3v) is 4.45. The van der Waals surface area contributed by atoms with Crippen LogP contribution in [0.25, 0.3) is 5.70 Å². The number of anilines is 1. The Hall–Kier alpha value is -2.51. The van der Waals surface area contributed by atoms with Gasteiger partial charge in [-0.15, -0.1) is 0 Å². The monoisotopic (exact) mass is 332 g/mol. The van der Waals surface area contributed by atoms with Crippen molar-refractivity contribution in [2.75, 3.05) is 4.90 Å². The molecule has 2 aromatic carbocycles. The average molecular weight is 332 g/mol. The molecule has 23 heavy (non-hydrogen) atoms. The number of nitrogens with zero attached hydrogens (tertiary/aromatic N) is 1. The Bertz CT molecular complexity index is 888. The van der Waals surface area contributed by atoms with E-state index in [9.17, 15) is 17.6 Å². The van der Waals surface area contributed by atoms with Crippen LogP contribution in [0.3, 0.4) is 0 Å². The van der Waals surface area contributed by atoms with Crippen LogP contribution in [0, 0.1) is 5.82 Å². The molecule has 1 aliphatic rings. The van der Waals surface area contributed by atoms with Crippen molar-refractivity contribution in [1.82, 2.24) is 0 Å². The SMILES string of the molecule is NS(=O)(=O)c1ccc(C2=CCC(=O)N2c2ccc(F)cc2)cc1. The van der Waals surface area contributed by atoms with Gasteiger partial charge in [0, 0.05) is 12.1 Å². The van der Waals surface area contributed by atoms with Crippen LogP contribution >= 0.6 is 0 Å². The van der Waals surface area contributed by atoms with E-state index in [1.807, 2.05) is 0 Å². The van der Waals surface area contributed by atoms with E-state index in [2.05, 4.69) is 0 Å². The van der Waals surface area contributed by atoms with Crippen molar-refractivity contribution < 1.29 is 17.6 Å². The molecule has 5 nitrogen and oxygen atoms in total. The van der Waals surface area contributed by atoms with E-state index in [-0.39, 0.29) is 23.0 Å². The third kappa shape index (κ3) is 3.01. The van der Waals surface area contributed by atoms with E-state index in [0.29, 0.717) is 16.9 Å². The molecule has 118 valence electrons. The summed E-state index contributed by atoms with van der Waals surface area (Å²) in [4.78, 5) is 13.6. The van der Waals surface area contributed by atoms with Gasteiger partial charge < -0.3 is 0 Å². The summed E-state index contributed by atoms with van der Waals surface area (Å²) in [6, 6.07) is 11.5. The Kier molecular flexibility index (Phi) is 3.75.